The summed E-state index contributed by atoms with van der Waals surface area (Å²) in [6, 6.07) is 0. The molecule has 0 aromatic heterocycles. The van der Waals surface area contributed by atoms with E-state index in [2.05, 4.69) is 0 Å². The summed E-state index contributed by atoms with van der Waals surface area (Å²) < 4.78 is 0. The van der Waals surface area contributed by atoms with Crippen molar-refractivity contribution in [2.75, 3.05) is 19.7 Å². The van der Waals surface area contributed by atoms with Crippen molar-refractivity contribution in [1.82, 2.24) is 5.06 Å². The molecule has 1 heterocycles. The summed E-state index contributed by atoms with van der Waals surface area (Å²) in [4.78, 5) is 5.24. The van der Waals surface area contributed by atoms with Gasteiger partial charge in [0.2, 0.25) is 0 Å². The first-order chi connectivity index (χ1) is 3.93. The lowest BCUT2D eigenvalue weighted by Gasteiger charge is -2.11. The molecule has 0 spiro atoms. The molecule has 0 bridgehead atoms. The van der Waals surface area contributed by atoms with Crippen molar-refractivity contribution in [3.63, 3.8) is 0 Å². The molecule has 0 N–H and O–H groups in total. The smallest absolute Gasteiger partial charge is 0.0656 e. The van der Waals surface area contributed by atoms with Crippen LogP contribution in [0.2, 0.25) is 0 Å². The molecule has 0 aromatic rings. The van der Waals surface area contributed by atoms with Crippen LogP contribution in [0.3, 0.4) is 0 Å². The molecule has 1 aliphatic heterocycles. The van der Waals surface area contributed by atoms with E-state index in [4.69, 9.17) is 4.84 Å². The van der Waals surface area contributed by atoms with Crippen molar-refractivity contribution in [3.05, 3.63) is 0 Å². The molecule has 1 aliphatic rings. The van der Waals surface area contributed by atoms with Gasteiger partial charge >= 0.3 is 0 Å². The normalized spacial score (nSPS) is 22.1. The van der Waals surface area contributed by atoms with Crippen molar-refractivity contribution in [3.8, 4) is 0 Å². The van der Waals surface area contributed by atoms with Gasteiger partial charge < -0.3 is 0 Å². The summed E-state index contributed by atoms with van der Waals surface area (Å²) in [7, 11) is 0. The van der Waals surface area contributed by atoms with Crippen LogP contribution in [0.4, 0.5) is 0 Å². The molecule has 0 amide bonds. The molecule has 0 atom stereocenters. The Morgan fingerprint density at radius 3 is 2.50 bits per heavy atom. The molecule has 0 aromatic carbocycles. The average Bonchev–Trinajstić information content (AvgIpc) is 2.19. The van der Waals surface area contributed by atoms with Crippen molar-refractivity contribution in [2.45, 2.75) is 19.8 Å². The lowest BCUT2D eigenvalue weighted by atomic mass is 10.4. The Balaban J connectivity index is 2.06. The van der Waals surface area contributed by atoms with Crippen LogP contribution in [0.25, 0.3) is 0 Å². The zero-order valence-electron chi connectivity index (χ0n) is 5.39. The maximum Gasteiger partial charge on any atom is 0.0656 e. The van der Waals surface area contributed by atoms with Gasteiger partial charge in [-0.15, -0.1) is 0 Å². The third kappa shape index (κ3) is 1.46. The van der Waals surface area contributed by atoms with Gasteiger partial charge in [-0.2, -0.15) is 5.06 Å². The van der Waals surface area contributed by atoms with E-state index in [0.717, 1.165) is 19.7 Å². The second-order valence-electron chi connectivity index (χ2n) is 2.05. The minimum Gasteiger partial charge on any atom is -0.299 e. The van der Waals surface area contributed by atoms with E-state index in [-0.39, 0.29) is 0 Å². The van der Waals surface area contributed by atoms with E-state index >= 15 is 0 Å². The standard InChI is InChI=1S/C6H13NO/c1-2-8-7-5-3-4-6-7/h2-6H2,1H3. The number of hydroxylamine groups is 2. The Kier molecular flexibility index (Phi) is 2.30. The van der Waals surface area contributed by atoms with E-state index in [9.17, 15) is 0 Å². The van der Waals surface area contributed by atoms with Crippen LogP contribution in [0.1, 0.15) is 19.8 Å². The second-order valence-corrected chi connectivity index (χ2v) is 2.05. The van der Waals surface area contributed by atoms with Crippen LogP contribution >= 0.6 is 0 Å². The number of nitrogens with zero attached hydrogens (tertiary/aromatic N) is 1. The summed E-state index contributed by atoms with van der Waals surface area (Å²) in [6.45, 7) is 5.11. The molecule has 1 saturated heterocycles. The highest BCUT2D eigenvalue weighted by Gasteiger charge is 2.09. The van der Waals surface area contributed by atoms with Gasteiger partial charge in [-0.1, -0.05) is 0 Å². The fourth-order valence-corrected chi connectivity index (χ4v) is 1.000. The molecule has 0 unspecified atom stereocenters. The minimum atomic E-state index is 0.819. The van der Waals surface area contributed by atoms with E-state index in [1.165, 1.54) is 12.8 Å². The zero-order valence-corrected chi connectivity index (χ0v) is 5.39. The Bertz CT molecular complexity index is 59.5. The molecule has 48 valence electrons. The quantitative estimate of drug-likeness (QED) is 0.533. The topological polar surface area (TPSA) is 12.5 Å². The van der Waals surface area contributed by atoms with Gasteiger partial charge in [0.15, 0.2) is 0 Å². The van der Waals surface area contributed by atoms with Crippen LogP contribution in [0.15, 0.2) is 0 Å². The van der Waals surface area contributed by atoms with Crippen LogP contribution in [0.5, 0.6) is 0 Å². The highest BCUT2D eigenvalue weighted by molar-refractivity contribution is 4.56. The van der Waals surface area contributed by atoms with Gasteiger partial charge in [0.05, 0.1) is 6.61 Å². The monoisotopic (exact) mass is 115 g/mol. The molecule has 2 nitrogen and oxygen atoms in total. The number of rotatable bonds is 2. The van der Waals surface area contributed by atoms with Crippen LogP contribution < -0.4 is 0 Å². The van der Waals surface area contributed by atoms with E-state index < -0.39 is 0 Å². The van der Waals surface area contributed by atoms with Gasteiger partial charge in [0.25, 0.3) is 0 Å². The lowest BCUT2D eigenvalue weighted by Crippen LogP contribution is -2.19. The van der Waals surface area contributed by atoms with E-state index in [0.29, 0.717) is 0 Å². The van der Waals surface area contributed by atoms with Crippen LogP contribution in [-0.2, 0) is 4.84 Å². The Hall–Kier alpha value is -0.0800. The molecular formula is C6H13NO. The van der Waals surface area contributed by atoms with Crippen molar-refractivity contribution in [2.24, 2.45) is 0 Å². The van der Waals surface area contributed by atoms with Crippen molar-refractivity contribution < 1.29 is 4.84 Å². The fourth-order valence-electron chi connectivity index (χ4n) is 1.000. The summed E-state index contributed by atoms with van der Waals surface area (Å²) in [5.74, 6) is 0. The molecular weight excluding hydrogens is 102 g/mol. The van der Waals surface area contributed by atoms with Crippen molar-refractivity contribution in [1.29, 1.82) is 0 Å². The third-order valence-corrected chi connectivity index (χ3v) is 1.38. The largest absolute Gasteiger partial charge is 0.299 e. The third-order valence-electron chi connectivity index (χ3n) is 1.38. The predicted molar refractivity (Wildman–Crippen MR) is 32.4 cm³/mol. The summed E-state index contributed by atoms with van der Waals surface area (Å²) in [5.41, 5.74) is 0. The second kappa shape index (κ2) is 3.05. The van der Waals surface area contributed by atoms with Gasteiger partial charge in [-0.3, -0.25) is 4.84 Å². The Morgan fingerprint density at radius 2 is 2.00 bits per heavy atom. The summed E-state index contributed by atoms with van der Waals surface area (Å²) in [6.07, 6.45) is 2.61. The minimum absolute atomic E-state index is 0.819. The summed E-state index contributed by atoms with van der Waals surface area (Å²) >= 11 is 0. The Labute approximate surface area is 50.4 Å². The first-order valence-corrected chi connectivity index (χ1v) is 3.31. The Morgan fingerprint density at radius 1 is 1.38 bits per heavy atom. The van der Waals surface area contributed by atoms with Crippen LogP contribution in [-0.4, -0.2) is 24.8 Å². The fraction of sp³-hybridized carbons (Fsp3) is 1.00. The summed E-state index contributed by atoms with van der Waals surface area (Å²) in [5, 5.41) is 2.04. The molecule has 0 saturated carbocycles. The molecule has 1 rings (SSSR count). The first kappa shape index (κ1) is 6.05. The molecule has 0 aliphatic carbocycles. The lowest BCUT2D eigenvalue weighted by molar-refractivity contribution is -0.137. The van der Waals surface area contributed by atoms with Gasteiger partial charge in [-0.05, 0) is 19.8 Å². The first-order valence-electron chi connectivity index (χ1n) is 3.31. The zero-order chi connectivity index (χ0) is 5.82. The predicted octanol–water partition coefficient (Wildman–Crippen LogP) is 1.03. The molecule has 1 fully saturated rings. The maximum atomic E-state index is 5.24. The van der Waals surface area contributed by atoms with Gasteiger partial charge in [-0.25, -0.2) is 0 Å². The van der Waals surface area contributed by atoms with Crippen LogP contribution in [0, 0.1) is 0 Å². The number of hydrogen-bond acceptors (Lipinski definition) is 2. The molecule has 2 heteroatoms. The van der Waals surface area contributed by atoms with Gasteiger partial charge in [0.1, 0.15) is 0 Å². The SMILES string of the molecule is CCON1CCCC1. The molecule has 0 radical (unpaired) electrons. The van der Waals surface area contributed by atoms with E-state index in [1.54, 1.807) is 0 Å². The highest BCUT2D eigenvalue weighted by Crippen LogP contribution is 2.06. The number of hydrogen-bond donors (Lipinski definition) is 0. The molecule has 8 heavy (non-hydrogen) atoms. The van der Waals surface area contributed by atoms with Gasteiger partial charge in [0, 0.05) is 13.1 Å². The maximum absolute atomic E-state index is 5.24. The highest BCUT2D eigenvalue weighted by atomic mass is 16.7. The van der Waals surface area contributed by atoms with Crippen molar-refractivity contribution >= 4 is 0 Å². The van der Waals surface area contributed by atoms with E-state index in [1.807, 2.05) is 12.0 Å². The average molecular weight is 115 g/mol.